The van der Waals surface area contributed by atoms with Gasteiger partial charge < -0.3 is 9.84 Å². The molecule has 2 rings (SSSR count). The first-order valence-electron chi connectivity index (χ1n) is 5.98. The number of benzene rings is 1. The van der Waals surface area contributed by atoms with E-state index in [1.165, 1.54) is 18.3 Å². The number of carboxylic acids is 1. The Labute approximate surface area is 119 Å². The van der Waals surface area contributed by atoms with Crippen LogP contribution in [0.4, 0.5) is 8.78 Å². The van der Waals surface area contributed by atoms with E-state index in [0.717, 1.165) is 18.2 Å². The molecule has 0 aliphatic heterocycles. The number of nitrogens with zero attached hydrogens (tertiary/aromatic N) is 1. The van der Waals surface area contributed by atoms with E-state index in [2.05, 4.69) is 4.98 Å². The molecule has 108 valence electrons. The van der Waals surface area contributed by atoms with Gasteiger partial charge in [0.25, 0.3) is 0 Å². The standard InChI is InChI=1S/C15H11F2NO3/c16-13-5-1-10(7-14(13)17)9-21-12-4-2-11(18-8-12)3-6-15(19)20/h1-8H,9H2,(H,19,20)/b6-3+. The normalized spacial score (nSPS) is 10.8. The molecule has 1 N–H and O–H groups in total. The summed E-state index contributed by atoms with van der Waals surface area (Å²) in [6.07, 6.45) is 3.74. The van der Waals surface area contributed by atoms with Crippen LogP contribution in [-0.4, -0.2) is 16.1 Å². The van der Waals surface area contributed by atoms with Crippen LogP contribution in [0.15, 0.2) is 42.6 Å². The van der Waals surface area contributed by atoms with E-state index in [1.807, 2.05) is 0 Å². The highest BCUT2D eigenvalue weighted by molar-refractivity contribution is 5.84. The molecule has 0 saturated carbocycles. The van der Waals surface area contributed by atoms with Crippen molar-refractivity contribution in [3.63, 3.8) is 0 Å². The quantitative estimate of drug-likeness (QED) is 0.860. The van der Waals surface area contributed by atoms with Crippen LogP contribution < -0.4 is 4.74 Å². The minimum absolute atomic E-state index is 0.0726. The molecule has 21 heavy (non-hydrogen) atoms. The highest BCUT2D eigenvalue weighted by Crippen LogP contribution is 2.14. The molecule has 0 amide bonds. The third kappa shape index (κ3) is 4.38. The first-order chi connectivity index (χ1) is 10.0. The second-order valence-corrected chi connectivity index (χ2v) is 4.13. The summed E-state index contributed by atoms with van der Waals surface area (Å²) in [7, 11) is 0. The predicted octanol–water partition coefficient (Wildman–Crippen LogP) is 3.04. The topological polar surface area (TPSA) is 59.4 Å². The molecule has 0 aliphatic carbocycles. The van der Waals surface area contributed by atoms with E-state index in [4.69, 9.17) is 9.84 Å². The number of carboxylic acid groups (broad SMARTS) is 1. The number of hydrogen-bond donors (Lipinski definition) is 1. The van der Waals surface area contributed by atoms with Gasteiger partial charge in [-0.25, -0.2) is 13.6 Å². The van der Waals surface area contributed by atoms with Crippen molar-refractivity contribution >= 4 is 12.0 Å². The smallest absolute Gasteiger partial charge is 0.328 e. The molecule has 0 unspecified atom stereocenters. The highest BCUT2D eigenvalue weighted by Gasteiger charge is 2.03. The lowest BCUT2D eigenvalue weighted by molar-refractivity contribution is -0.131. The van der Waals surface area contributed by atoms with Crippen LogP contribution >= 0.6 is 0 Å². The minimum atomic E-state index is -1.06. The molecular formula is C15H11F2NO3. The molecule has 2 aromatic rings. The van der Waals surface area contributed by atoms with Crippen LogP contribution in [0.25, 0.3) is 6.08 Å². The number of rotatable bonds is 5. The van der Waals surface area contributed by atoms with Gasteiger partial charge in [0.15, 0.2) is 11.6 Å². The van der Waals surface area contributed by atoms with E-state index in [1.54, 1.807) is 12.1 Å². The van der Waals surface area contributed by atoms with Crippen LogP contribution in [0, 0.1) is 11.6 Å². The Morgan fingerprint density at radius 1 is 1.24 bits per heavy atom. The van der Waals surface area contributed by atoms with Crippen LogP contribution in [0.2, 0.25) is 0 Å². The fourth-order valence-electron chi connectivity index (χ4n) is 1.53. The molecule has 0 fully saturated rings. The summed E-state index contributed by atoms with van der Waals surface area (Å²) >= 11 is 0. The Balaban J connectivity index is 1.97. The van der Waals surface area contributed by atoms with Gasteiger partial charge in [-0.05, 0) is 35.9 Å². The van der Waals surface area contributed by atoms with Crippen molar-refractivity contribution in [1.29, 1.82) is 0 Å². The van der Waals surface area contributed by atoms with Gasteiger partial charge in [-0.3, -0.25) is 4.98 Å². The lowest BCUT2D eigenvalue weighted by atomic mass is 10.2. The van der Waals surface area contributed by atoms with Gasteiger partial charge in [-0.15, -0.1) is 0 Å². The number of halogens is 2. The fourth-order valence-corrected chi connectivity index (χ4v) is 1.53. The first kappa shape index (κ1) is 14.6. The predicted molar refractivity (Wildman–Crippen MR) is 71.6 cm³/mol. The number of aromatic nitrogens is 1. The monoisotopic (exact) mass is 291 g/mol. The van der Waals surface area contributed by atoms with E-state index < -0.39 is 17.6 Å². The van der Waals surface area contributed by atoms with Crippen molar-refractivity contribution in [1.82, 2.24) is 4.98 Å². The van der Waals surface area contributed by atoms with Crippen molar-refractivity contribution in [2.75, 3.05) is 0 Å². The summed E-state index contributed by atoms with van der Waals surface area (Å²) in [4.78, 5) is 14.3. The average Bonchev–Trinajstić information content (AvgIpc) is 2.47. The maximum atomic E-state index is 13.0. The lowest BCUT2D eigenvalue weighted by Gasteiger charge is -2.06. The molecule has 1 aromatic heterocycles. The molecule has 6 heteroatoms. The average molecular weight is 291 g/mol. The molecule has 0 spiro atoms. The fraction of sp³-hybridized carbons (Fsp3) is 0.0667. The Morgan fingerprint density at radius 2 is 2.05 bits per heavy atom. The van der Waals surface area contributed by atoms with E-state index in [0.29, 0.717) is 17.0 Å². The Morgan fingerprint density at radius 3 is 2.67 bits per heavy atom. The van der Waals surface area contributed by atoms with Crippen molar-refractivity contribution in [2.45, 2.75) is 6.61 Å². The van der Waals surface area contributed by atoms with Gasteiger partial charge in [-0.2, -0.15) is 0 Å². The summed E-state index contributed by atoms with van der Waals surface area (Å²) in [5.41, 5.74) is 0.960. The Kier molecular flexibility index (Phi) is 4.61. The van der Waals surface area contributed by atoms with Crippen molar-refractivity contribution < 1.29 is 23.4 Å². The lowest BCUT2D eigenvalue weighted by Crippen LogP contribution is -1.97. The molecule has 0 saturated heterocycles. The summed E-state index contributed by atoms with van der Waals surface area (Å²) in [5, 5.41) is 8.48. The molecule has 0 bridgehead atoms. The zero-order valence-electron chi connectivity index (χ0n) is 10.8. The van der Waals surface area contributed by atoms with Gasteiger partial charge in [0, 0.05) is 6.08 Å². The zero-order chi connectivity index (χ0) is 15.2. The zero-order valence-corrected chi connectivity index (χ0v) is 10.8. The summed E-state index contributed by atoms with van der Waals surface area (Å²) < 4.78 is 31.1. The third-order valence-electron chi connectivity index (χ3n) is 2.55. The van der Waals surface area contributed by atoms with E-state index in [9.17, 15) is 13.6 Å². The minimum Gasteiger partial charge on any atom is -0.487 e. The molecule has 1 heterocycles. The molecule has 4 nitrogen and oxygen atoms in total. The van der Waals surface area contributed by atoms with Crippen LogP contribution in [-0.2, 0) is 11.4 Å². The van der Waals surface area contributed by atoms with Crippen LogP contribution in [0.5, 0.6) is 5.75 Å². The summed E-state index contributed by atoms with van der Waals surface area (Å²) in [6.45, 7) is 0.0726. The number of ether oxygens (including phenoxy) is 1. The maximum Gasteiger partial charge on any atom is 0.328 e. The second kappa shape index (κ2) is 6.60. The number of aliphatic carboxylic acids is 1. The molecule has 0 aliphatic rings. The van der Waals surface area contributed by atoms with Crippen molar-refractivity contribution in [3.05, 3.63) is 65.5 Å². The first-order valence-corrected chi connectivity index (χ1v) is 5.98. The van der Waals surface area contributed by atoms with Gasteiger partial charge >= 0.3 is 5.97 Å². The molecule has 1 aromatic carbocycles. The SMILES string of the molecule is O=C(O)/C=C/c1ccc(OCc2ccc(F)c(F)c2)cn1. The largest absolute Gasteiger partial charge is 0.487 e. The number of hydrogen-bond acceptors (Lipinski definition) is 3. The summed E-state index contributed by atoms with van der Waals surface area (Å²) in [6, 6.07) is 6.71. The molecule has 0 atom stereocenters. The van der Waals surface area contributed by atoms with E-state index >= 15 is 0 Å². The summed E-state index contributed by atoms with van der Waals surface area (Å²) in [5.74, 6) is -2.46. The Bertz CT molecular complexity index is 669. The van der Waals surface area contributed by atoms with Gasteiger partial charge in [0.1, 0.15) is 12.4 Å². The van der Waals surface area contributed by atoms with E-state index in [-0.39, 0.29) is 6.61 Å². The number of pyridine rings is 1. The van der Waals surface area contributed by atoms with Gasteiger partial charge in [0.05, 0.1) is 11.9 Å². The van der Waals surface area contributed by atoms with Crippen LogP contribution in [0.1, 0.15) is 11.3 Å². The Hall–Kier alpha value is -2.76. The molecule has 0 radical (unpaired) electrons. The third-order valence-corrected chi connectivity index (χ3v) is 2.55. The number of carbonyl (C=O) groups is 1. The highest BCUT2D eigenvalue weighted by atomic mass is 19.2. The van der Waals surface area contributed by atoms with Crippen molar-refractivity contribution in [3.8, 4) is 5.75 Å². The maximum absolute atomic E-state index is 13.0. The van der Waals surface area contributed by atoms with Gasteiger partial charge in [0.2, 0.25) is 0 Å². The van der Waals surface area contributed by atoms with Gasteiger partial charge in [-0.1, -0.05) is 6.07 Å². The van der Waals surface area contributed by atoms with Crippen LogP contribution in [0.3, 0.4) is 0 Å². The molecular weight excluding hydrogens is 280 g/mol. The van der Waals surface area contributed by atoms with Crippen molar-refractivity contribution in [2.24, 2.45) is 0 Å². The second-order valence-electron chi connectivity index (χ2n) is 4.13.